The van der Waals surface area contributed by atoms with Crippen molar-refractivity contribution >= 4 is 17.7 Å². The molecule has 1 unspecified atom stereocenters. The summed E-state index contributed by atoms with van der Waals surface area (Å²) in [4.78, 5) is 12.6. The molecule has 92 valence electrons. The molecule has 1 atom stereocenters. The van der Waals surface area contributed by atoms with Crippen molar-refractivity contribution in [3.63, 3.8) is 0 Å². The van der Waals surface area contributed by atoms with E-state index in [1.807, 2.05) is 31.2 Å². The average Bonchev–Trinajstić information content (AvgIpc) is 2.36. The topological polar surface area (TPSA) is 49.3 Å². The molecule has 3 nitrogen and oxygen atoms in total. The summed E-state index contributed by atoms with van der Waals surface area (Å²) in [5.74, 6) is -0.00991. The lowest BCUT2D eigenvalue weighted by molar-refractivity contribution is -0.120. The number of benzene rings is 1. The molecule has 1 aromatic rings. The van der Waals surface area contributed by atoms with Crippen molar-refractivity contribution in [2.75, 3.05) is 6.54 Å². The Balaban J connectivity index is 2.57. The van der Waals surface area contributed by atoms with Crippen molar-refractivity contribution in [3.8, 4) is 0 Å². The minimum atomic E-state index is -0.163. The van der Waals surface area contributed by atoms with Gasteiger partial charge in [-0.3, -0.25) is 4.79 Å². The van der Waals surface area contributed by atoms with Gasteiger partial charge in [0.2, 0.25) is 5.91 Å². The van der Waals surface area contributed by atoms with Crippen LogP contribution in [0, 0.1) is 0 Å². The Morgan fingerprint density at radius 2 is 2.41 bits per heavy atom. The fraction of sp³-hybridized carbons (Fsp3) is 0.308. The molecular formula is C13H17NO2S. The van der Waals surface area contributed by atoms with Crippen molar-refractivity contribution in [1.82, 2.24) is 5.32 Å². The van der Waals surface area contributed by atoms with E-state index in [9.17, 15) is 4.79 Å². The number of carbonyl (C=O) groups is 1. The fourth-order valence-corrected chi connectivity index (χ4v) is 2.27. The first-order valence-corrected chi connectivity index (χ1v) is 6.30. The molecule has 0 bridgehead atoms. The number of amides is 1. The molecule has 1 rings (SSSR count). The van der Waals surface area contributed by atoms with Crippen LogP contribution in [0.25, 0.3) is 0 Å². The highest BCUT2D eigenvalue weighted by Gasteiger charge is 2.13. The van der Waals surface area contributed by atoms with Crippen molar-refractivity contribution in [2.24, 2.45) is 0 Å². The maximum absolute atomic E-state index is 11.6. The molecule has 0 heterocycles. The maximum Gasteiger partial charge on any atom is 0.233 e. The number of hydrogen-bond donors (Lipinski definition) is 2. The van der Waals surface area contributed by atoms with Crippen LogP contribution in [-0.4, -0.2) is 22.8 Å². The van der Waals surface area contributed by atoms with E-state index in [4.69, 9.17) is 5.11 Å². The summed E-state index contributed by atoms with van der Waals surface area (Å²) in [6.07, 6.45) is 1.65. The van der Waals surface area contributed by atoms with Gasteiger partial charge in [-0.05, 0) is 24.6 Å². The van der Waals surface area contributed by atoms with Crippen LogP contribution in [-0.2, 0) is 11.4 Å². The van der Waals surface area contributed by atoms with Gasteiger partial charge in [0, 0.05) is 11.4 Å². The van der Waals surface area contributed by atoms with E-state index in [-0.39, 0.29) is 17.8 Å². The predicted octanol–water partition coefficient (Wildman–Crippen LogP) is 1.96. The maximum atomic E-state index is 11.6. The van der Waals surface area contributed by atoms with Crippen LogP contribution in [0.1, 0.15) is 12.5 Å². The van der Waals surface area contributed by atoms with Crippen LogP contribution < -0.4 is 5.32 Å². The largest absolute Gasteiger partial charge is 0.392 e. The third-order valence-electron chi connectivity index (χ3n) is 2.18. The summed E-state index contributed by atoms with van der Waals surface area (Å²) < 4.78 is 0. The Labute approximate surface area is 106 Å². The number of aliphatic hydroxyl groups is 1. The van der Waals surface area contributed by atoms with E-state index in [1.54, 1.807) is 6.08 Å². The first-order chi connectivity index (χ1) is 8.17. The third kappa shape index (κ3) is 4.63. The molecule has 0 aliphatic carbocycles. The minimum absolute atomic E-state index is 0.00991. The van der Waals surface area contributed by atoms with Crippen LogP contribution in [0.3, 0.4) is 0 Å². The lowest BCUT2D eigenvalue weighted by atomic mass is 10.2. The van der Waals surface area contributed by atoms with Gasteiger partial charge in [0.15, 0.2) is 0 Å². The quantitative estimate of drug-likeness (QED) is 0.600. The second-order valence-electron chi connectivity index (χ2n) is 3.60. The molecule has 0 radical (unpaired) electrons. The van der Waals surface area contributed by atoms with Gasteiger partial charge in [-0.1, -0.05) is 18.2 Å². The van der Waals surface area contributed by atoms with Gasteiger partial charge < -0.3 is 10.4 Å². The summed E-state index contributed by atoms with van der Waals surface area (Å²) in [6.45, 7) is 5.91. The molecule has 4 heteroatoms. The third-order valence-corrected chi connectivity index (χ3v) is 3.28. The lowest BCUT2D eigenvalue weighted by Crippen LogP contribution is -2.30. The Kier molecular flexibility index (Phi) is 5.80. The van der Waals surface area contributed by atoms with Gasteiger partial charge in [0.1, 0.15) is 0 Å². The predicted molar refractivity (Wildman–Crippen MR) is 70.9 cm³/mol. The summed E-state index contributed by atoms with van der Waals surface area (Å²) in [5.41, 5.74) is 0.855. The Morgan fingerprint density at radius 3 is 3.06 bits per heavy atom. The number of hydrogen-bond acceptors (Lipinski definition) is 3. The average molecular weight is 251 g/mol. The van der Waals surface area contributed by atoms with Gasteiger partial charge in [-0.2, -0.15) is 0 Å². The van der Waals surface area contributed by atoms with Crippen LogP contribution in [0.2, 0.25) is 0 Å². The summed E-state index contributed by atoms with van der Waals surface area (Å²) in [6, 6.07) is 7.55. The number of rotatable bonds is 6. The number of carbonyl (C=O) groups excluding carboxylic acids is 1. The molecule has 0 aliphatic rings. The van der Waals surface area contributed by atoms with Gasteiger partial charge in [0.05, 0.1) is 11.9 Å². The monoisotopic (exact) mass is 251 g/mol. The van der Waals surface area contributed by atoms with E-state index >= 15 is 0 Å². The van der Waals surface area contributed by atoms with E-state index in [1.165, 1.54) is 11.8 Å². The smallest absolute Gasteiger partial charge is 0.233 e. The standard InChI is InChI=1S/C13H17NO2S/c1-3-7-14-13(16)10(2)17-12-6-4-5-11(8-12)9-15/h3-6,8,10,15H,1,7,9H2,2H3,(H,14,16). The number of aliphatic hydroxyl groups excluding tert-OH is 1. The summed E-state index contributed by atoms with van der Waals surface area (Å²) >= 11 is 1.47. The summed E-state index contributed by atoms with van der Waals surface area (Å²) in [7, 11) is 0. The fourth-order valence-electron chi connectivity index (χ4n) is 1.29. The molecule has 0 saturated carbocycles. The van der Waals surface area contributed by atoms with Crippen molar-refractivity contribution in [1.29, 1.82) is 0 Å². The zero-order valence-electron chi connectivity index (χ0n) is 9.85. The number of nitrogens with one attached hydrogen (secondary N) is 1. The van der Waals surface area contributed by atoms with E-state index in [0.717, 1.165) is 10.5 Å². The molecule has 2 N–H and O–H groups in total. The molecule has 1 amide bonds. The van der Waals surface area contributed by atoms with Crippen LogP contribution >= 0.6 is 11.8 Å². The first kappa shape index (κ1) is 13.8. The van der Waals surface area contributed by atoms with Crippen LogP contribution in [0.4, 0.5) is 0 Å². The minimum Gasteiger partial charge on any atom is -0.392 e. The first-order valence-electron chi connectivity index (χ1n) is 5.42. The second kappa shape index (κ2) is 7.14. The van der Waals surface area contributed by atoms with Gasteiger partial charge in [-0.15, -0.1) is 18.3 Å². The molecular weight excluding hydrogens is 234 g/mol. The van der Waals surface area contributed by atoms with Crippen molar-refractivity contribution in [2.45, 2.75) is 23.7 Å². The Morgan fingerprint density at radius 1 is 1.65 bits per heavy atom. The molecule has 17 heavy (non-hydrogen) atoms. The van der Waals surface area contributed by atoms with Crippen molar-refractivity contribution < 1.29 is 9.90 Å². The molecule has 0 saturated heterocycles. The SMILES string of the molecule is C=CCNC(=O)C(C)Sc1cccc(CO)c1. The van der Waals surface area contributed by atoms with Gasteiger partial charge in [0.25, 0.3) is 0 Å². The van der Waals surface area contributed by atoms with Crippen LogP contribution in [0.5, 0.6) is 0 Å². The zero-order valence-corrected chi connectivity index (χ0v) is 10.7. The highest BCUT2D eigenvalue weighted by Crippen LogP contribution is 2.24. The number of thioether (sulfide) groups is 1. The van der Waals surface area contributed by atoms with E-state index in [2.05, 4.69) is 11.9 Å². The lowest BCUT2D eigenvalue weighted by Gasteiger charge is -2.11. The van der Waals surface area contributed by atoms with Gasteiger partial charge in [-0.25, -0.2) is 0 Å². The molecule has 0 spiro atoms. The zero-order chi connectivity index (χ0) is 12.7. The molecule has 1 aromatic carbocycles. The van der Waals surface area contributed by atoms with Gasteiger partial charge >= 0.3 is 0 Å². The van der Waals surface area contributed by atoms with Crippen molar-refractivity contribution in [3.05, 3.63) is 42.5 Å². The van der Waals surface area contributed by atoms with Crippen LogP contribution in [0.15, 0.2) is 41.8 Å². The summed E-state index contributed by atoms with van der Waals surface area (Å²) in [5, 5.41) is 11.6. The molecule has 0 aliphatic heterocycles. The van der Waals surface area contributed by atoms with E-state index < -0.39 is 0 Å². The Hall–Kier alpha value is -1.26. The highest BCUT2D eigenvalue weighted by atomic mass is 32.2. The Bertz CT molecular complexity index is 393. The van der Waals surface area contributed by atoms with E-state index in [0.29, 0.717) is 6.54 Å². The normalized spacial score (nSPS) is 11.9. The molecule has 0 aromatic heterocycles. The molecule has 0 fully saturated rings. The highest BCUT2D eigenvalue weighted by molar-refractivity contribution is 8.00. The second-order valence-corrected chi connectivity index (χ2v) is 5.01.